The summed E-state index contributed by atoms with van der Waals surface area (Å²) in [5.74, 6) is -0.0954. The van der Waals surface area contributed by atoms with Crippen molar-refractivity contribution < 1.29 is 4.79 Å². The van der Waals surface area contributed by atoms with Crippen LogP contribution in [0.5, 0.6) is 0 Å². The molecule has 1 amide bonds. The minimum Gasteiger partial charge on any atom is -0.358 e. The molecular formula is C9H23N3O. The van der Waals surface area contributed by atoms with E-state index in [4.69, 9.17) is 11.5 Å². The van der Waals surface area contributed by atoms with Crippen LogP contribution in [0.15, 0.2) is 0 Å². The van der Waals surface area contributed by atoms with Gasteiger partial charge in [0.15, 0.2) is 0 Å². The van der Waals surface area contributed by atoms with E-state index >= 15 is 0 Å². The molecule has 1 atom stereocenters. The number of carbonyl (C=O) groups excluding carboxylic acids is 1. The van der Waals surface area contributed by atoms with Crippen LogP contribution in [0.25, 0.3) is 0 Å². The smallest absolute Gasteiger partial charge is 0.236 e. The average Bonchev–Trinajstić information content (AvgIpc) is 2.20. The van der Waals surface area contributed by atoms with E-state index in [9.17, 15) is 4.79 Å². The lowest BCUT2D eigenvalue weighted by molar-refractivity contribution is -0.122. The summed E-state index contributed by atoms with van der Waals surface area (Å²) in [6.07, 6.45) is 2.58. The summed E-state index contributed by atoms with van der Waals surface area (Å²) < 4.78 is 0. The highest BCUT2D eigenvalue weighted by Crippen LogP contribution is 1.97. The van der Waals surface area contributed by atoms with Crippen molar-refractivity contribution in [2.75, 3.05) is 13.6 Å². The molecule has 0 rings (SSSR count). The molecular weight excluding hydrogens is 166 g/mol. The Morgan fingerprint density at radius 1 is 1.38 bits per heavy atom. The second-order valence-corrected chi connectivity index (χ2v) is 2.51. The molecule has 5 N–H and O–H groups in total. The van der Waals surface area contributed by atoms with Gasteiger partial charge in [0, 0.05) is 7.05 Å². The number of hydrogen-bond acceptors (Lipinski definition) is 3. The van der Waals surface area contributed by atoms with E-state index in [1.807, 2.05) is 13.8 Å². The Bertz CT molecular complexity index is 117. The summed E-state index contributed by atoms with van der Waals surface area (Å²) in [4.78, 5) is 10.8. The van der Waals surface area contributed by atoms with E-state index in [0.29, 0.717) is 6.54 Å². The van der Waals surface area contributed by atoms with Crippen molar-refractivity contribution in [3.05, 3.63) is 0 Å². The molecule has 0 aliphatic rings. The first-order valence-electron chi connectivity index (χ1n) is 4.89. The van der Waals surface area contributed by atoms with Gasteiger partial charge in [-0.25, -0.2) is 0 Å². The minimum absolute atomic E-state index is 0.0954. The fourth-order valence-corrected chi connectivity index (χ4v) is 0.825. The monoisotopic (exact) mass is 189 g/mol. The van der Waals surface area contributed by atoms with Crippen LogP contribution >= 0.6 is 0 Å². The zero-order chi connectivity index (χ0) is 10.7. The summed E-state index contributed by atoms with van der Waals surface area (Å²) in [6, 6.07) is -0.369. The number of unbranched alkanes of at least 4 members (excludes halogenated alkanes) is 1. The van der Waals surface area contributed by atoms with Gasteiger partial charge < -0.3 is 16.8 Å². The Morgan fingerprint density at radius 3 is 2.31 bits per heavy atom. The van der Waals surface area contributed by atoms with Gasteiger partial charge in [-0.3, -0.25) is 4.79 Å². The lowest BCUT2D eigenvalue weighted by Gasteiger charge is -2.08. The fraction of sp³-hybridized carbons (Fsp3) is 0.889. The SMILES string of the molecule is CC.CNC(=O)C(N)CCCCN. The maximum absolute atomic E-state index is 10.8. The van der Waals surface area contributed by atoms with Crippen LogP contribution in [0.4, 0.5) is 0 Å². The highest BCUT2D eigenvalue weighted by molar-refractivity contribution is 5.81. The highest BCUT2D eigenvalue weighted by Gasteiger charge is 2.09. The van der Waals surface area contributed by atoms with Crippen molar-refractivity contribution in [1.29, 1.82) is 0 Å². The molecule has 4 nitrogen and oxygen atoms in total. The van der Waals surface area contributed by atoms with E-state index in [1.54, 1.807) is 7.05 Å². The fourth-order valence-electron chi connectivity index (χ4n) is 0.825. The normalized spacial score (nSPS) is 11.2. The molecule has 0 bridgehead atoms. The number of nitrogens with one attached hydrogen (secondary N) is 1. The zero-order valence-corrected chi connectivity index (χ0v) is 8.97. The Balaban J connectivity index is 0. The summed E-state index contributed by atoms with van der Waals surface area (Å²) in [7, 11) is 1.59. The molecule has 0 aromatic rings. The lowest BCUT2D eigenvalue weighted by Crippen LogP contribution is -2.38. The molecule has 4 heteroatoms. The summed E-state index contributed by atoms with van der Waals surface area (Å²) in [6.45, 7) is 4.67. The predicted molar refractivity (Wildman–Crippen MR) is 56.3 cm³/mol. The topological polar surface area (TPSA) is 81.1 Å². The van der Waals surface area contributed by atoms with Crippen molar-refractivity contribution in [2.45, 2.75) is 39.2 Å². The molecule has 0 aliphatic heterocycles. The number of nitrogens with two attached hydrogens (primary N) is 2. The van der Waals surface area contributed by atoms with Crippen LogP contribution in [0.3, 0.4) is 0 Å². The van der Waals surface area contributed by atoms with Crippen LogP contribution in [0.1, 0.15) is 33.1 Å². The number of rotatable bonds is 5. The third-order valence-electron chi connectivity index (χ3n) is 1.55. The van der Waals surface area contributed by atoms with Gasteiger partial charge in [-0.1, -0.05) is 20.3 Å². The Morgan fingerprint density at radius 2 is 1.92 bits per heavy atom. The van der Waals surface area contributed by atoms with Crippen molar-refractivity contribution in [2.24, 2.45) is 11.5 Å². The second kappa shape index (κ2) is 11.4. The minimum atomic E-state index is -0.369. The van der Waals surface area contributed by atoms with E-state index < -0.39 is 0 Å². The quantitative estimate of drug-likeness (QED) is 0.541. The standard InChI is InChI=1S/C7H17N3O.C2H6/c1-10-7(11)6(9)4-2-3-5-8;1-2/h6H,2-5,8-9H2,1H3,(H,10,11);1-2H3. The third-order valence-corrected chi connectivity index (χ3v) is 1.55. The van der Waals surface area contributed by atoms with Crippen LogP contribution in [-0.4, -0.2) is 25.5 Å². The van der Waals surface area contributed by atoms with E-state index in [1.165, 1.54) is 0 Å². The van der Waals surface area contributed by atoms with Crippen molar-refractivity contribution in [3.63, 3.8) is 0 Å². The molecule has 0 saturated heterocycles. The van der Waals surface area contributed by atoms with Crippen LogP contribution in [0, 0.1) is 0 Å². The van der Waals surface area contributed by atoms with Gasteiger partial charge in [0.1, 0.15) is 0 Å². The van der Waals surface area contributed by atoms with Gasteiger partial charge in [-0.15, -0.1) is 0 Å². The highest BCUT2D eigenvalue weighted by atomic mass is 16.2. The first kappa shape index (κ1) is 14.9. The van der Waals surface area contributed by atoms with Crippen molar-refractivity contribution >= 4 is 5.91 Å². The van der Waals surface area contributed by atoms with Gasteiger partial charge in [-0.2, -0.15) is 0 Å². The number of likely N-dealkylation sites (N-methyl/N-ethyl adjacent to an activating group) is 1. The third kappa shape index (κ3) is 9.30. The predicted octanol–water partition coefficient (Wildman–Crippen LogP) is 0.215. The summed E-state index contributed by atoms with van der Waals surface area (Å²) in [5, 5.41) is 2.50. The second-order valence-electron chi connectivity index (χ2n) is 2.51. The molecule has 0 saturated carbocycles. The largest absolute Gasteiger partial charge is 0.358 e. The molecule has 0 radical (unpaired) electrons. The number of carbonyl (C=O) groups is 1. The Hall–Kier alpha value is -0.610. The van der Waals surface area contributed by atoms with E-state index in [-0.39, 0.29) is 11.9 Å². The molecule has 0 heterocycles. The molecule has 13 heavy (non-hydrogen) atoms. The molecule has 0 aliphatic carbocycles. The Labute approximate surface area is 81.1 Å². The van der Waals surface area contributed by atoms with E-state index in [0.717, 1.165) is 19.3 Å². The van der Waals surface area contributed by atoms with Gasteiger partial charge in [0.05, 0.1) is 6.04 Å². The zero-order valence-electron chi connectivity index (χ0n) is 8.97. The maximum atomic E-state index is 10.8. The Kier molecular flexibility index (Phi) is 13.0. The number of amides is 1. The maximum Gasteiger partial charge on any atom is 0.236 e. The van der Waals surface area contributed by atoms with Gasteiger partial charge >= 0.3 is 0 Å². The molecule has 80 valence electrons. The first-order chi connectivity index (χ1) is 6.22. The molecule has 0 spiro atoms. The summed E-state index contributed by atoms with van der Waals surface area (Å²) >= 11 is 0. The summed E-state index contributed by atoms with van der Waals surface area (Å²) in [5.41, 5.74) is 10.8. The molecule has 0 aromatic carbocycles. The molecule has 1 unspecified atom stereocenters. The lowest BCUT2D eigenvalue weighted by atomic mass is 10.1. The number of hydrogen-bond donors (Lipinski definition) is 3. The van der Waals surface area contributed by atoms with Crippen LogP contribution in [-0.2, 0) is 4.79 Å². The van der Waals surface area contributed by atoms with Gasteiger partial charge in [0.2, 0.25) is 5.91 Å². The first-order valence-corrected chi connectivity index (χ1v) is 4.89. The molecule has 0 fully saturated rings. The van der Waals surface area contributed by atoms with Crippen molar-refractivity contribution in [1.82, 2.24) is 5.32 Å². The average molecular weight is 189 g/mol. The van der Waals surface area contributed by atoms with Crippen LogP contribution < -0.4 is 16.8 Å². The van der Waals surface area contributed by atoms with Crippen molar-refractivity contribution in [3.8, 4) is 0 Å². The van der Waals surface area contributed by atoms with Crippen LogP contribution in [0.2, 0.25) is 0 Å². The molecule has 0 aromatic heterocycles. The van der Waals surface area contributed by atoms with Gasteiger partial charge in [0.25, 0.3) is 0 Å². The van der Waals surface area contributed by atoms with E-state index in [2.05, 4.69) is 5.32 Å². The van der Waals surface area contributed by atoms with Gasteiger partial charge in [-0.05, 0) is 19.4 Å².